The molecule has 5 heterocycles. The van der Waals surface area contributed by atoms with Crippen LogP contribution in [0.25, 0.3) is 10.8 Å². The molecule has 70 heavy (non-hydrogen) atoms. The molecule has 6 aliphatic rings. The molecule has 14 nitrogen and oxygen atoms in total. The van der Waals surface area contributed by atoms with Crippen molar-refractivity contribution in [2.75, 3.05) is 72.0 Å². The summed E-state index contributed by atoms with van der Waals surface area (Å²) in [4.78, 5) is 90.5. The van der Waals surface area contributed by atoms with Gasteiger partial charge in [0, 0.05) is 81.6 Å². The fourth-order valence-electron chi connectivity index (χ4n) is 12.1. The normalized spacial score (nSPS) is 21.7. The summed E-state index contributed by atoms with van der Waals surface area (Å²) in [5.74, 6) is -0.386. The van der Waals surface area contributed by atoms with Gasteiger partial charge in [0.05, 0.1) is 23.2 Å². The third-order valence-electron chi connectivity index (χ3n) is 16.7. The molecule has 3 aromatic carbocycles. The summed E-state index contributed by atoms with van der Waals surface area (Å²) in [7, 11) is 0. The van der Waals surface area contributed by atoms with Crippen LogP contribution in [0.4, 0.5) is 4.39 Å². The van der Waals surface area contributed by atoms with E-state index in [0.717, 1.165) is 109 Å². The van der Waals surface area contributed by atoms with Crippen molar-refractivity contribution < 1.29 is 28.4 Å². The Hall–Kier alpha value is -5.96. The Labute approximate surface area is 409 Å². The van der Waals surface area contributed by atoms with E-state index >= 15 is 4.39 Å². The molecule has 4 saturated heterocycles. The molecule has 0 radical (unpaired) electrons. The number of amides is 5. The van der Waals surface area contributed by atoms with Gasteiger partial charge in [-0.25, -0.2) is 9.49 Å². The Kier molecular flexibility index (Phi) is 14.2. The zero-order valence-electron chi connectivity index (χ0n) is 40.3. The van der Waals surface area contributed by atoms with Crippen LogP contribution in [0.15, 0.2) is 71.5 Å². The number of aromatic amines is 1. The average Bonchev–Trinajstić information content (AvgIpc) is 4.26. The van der Waals surface area contributed by atoms with Crippen molar-refractivity contribution in [2.24, 2.45) is 17.3 Å². The number of hydrogen-bond acceptors (Lipinski definition) is 8. The van der Waals surface area contributed by atoms with E-state index in [1.165, 1.54) is 6.07 Å². The van der Waals surface area contributed by atoms with Crippen molar-refractivity contribution in [1.82, 2.24) is 40.0 Å². The minimum atomic E-state index is -0.608. The number of fused-ring (bicyclic) bond motifs is 1. The molecule has 6 fully saturated rings. The molecular weight excluding hydrogens is 888 g/mol. The van der Waals surface area contributed by atoms with E-state index in [9.17, 15) is 28.8 Å². The van der Waals surface area contributed by atoms with E-state index in [-0.39, 0.29) is 57.9 Å². The van der Waals surface area contributed by atoms with Gasteiger partial charge in [-0.2, -0.15) is 5.10 Å². The van der Waals surface area contributed by atoms with Gasteiger partial charge in [-0.3, -0.25) is 33.7 Å². The molecule has 1 spiro atoms. The summed E-state index contributed by atoms with van der Waals surface area (Å²) in [6, 6.07) is 18.9. The van der Waals surface area contributed by atoms with Gasteiger partial charge in [-0.05, 0) is 130 Å². The maximum Gasteiger partial charge on any atom is 0.272 e. The molecule has 4 aliphatic heterocycles. The quantitative estimate of drug-likeness (QED) is 0.182. The maximum absolute atomic E-state index is 15.1. The number of benzene rings is 3. The van der Waals surface area contributed by atoms with Crippen molar-refractivity contribution in [3.05, 3.63) is 111 Å². The molecule has 1 unspecified atom stereocenters. The van der Waals surface area contributed by atoms with Crippen LogP contribution in [0.5, 0.6) is 0 Å². The number of carbonyl (C=O) groups is 5. The number of rotatable bonds is 11. The predicted octanol–water partition coefficient (Wildman–Crippen LogP) is 6.14. The van der Waals surface area contributed by atoms with Crippen molar-refractivity contribution >= 4 is 40.3 Å². The molecule has 2 aliphatic carbocycles. The zero-order chi connectivity index (χ0) is 48.4. The molecule has 15 heteroatoms. The van der Waals surface area contributed by atoms with Crippen LogP contribution in [0.2, 0.25) is 0 Å². The van der Waals surface area contributed by atoms with Gasteiger partial charge in [0.2, 0.25) is 17.7 Å². The highest BCUT2D eigenvalue weighted by molar-refractivity contribution is 5.98. The second kappa shape index (κ2) is 20.8. The number of piperazine rings is 1. The molecule has 2 N–H and O–H groups in total. The van der Waals surface area contributed by atoms with Crippen molar-refractivity contribution in [3.8, 4) is 0 Å². The van der Waals surface area contributed by atoms with Gasteiger partial charge in [0.15, 0.2) is 0 Å². The molecular formula is C55H67FN8O6. The van der Waals surface area contributed by atoms with Crippen LogP contribution < -0.4 is 10.9 Å². The number of piperidine rings is 3. The van der Waals surface area contributed by atoms with Gasteiger partial charge >= 0.3 is 0 Å². The molecule has 0 bridgehead atoms. The summed E-state index contributed by atoms with van der Waals surface area (Å²) in [6.45, 7) is 6.09. The first-order valence-electron chi connectivity index (χ1n) is 26.0. The summed E-state index contributed by atoms with van der Waals surface area (Å²) in [6.07, 6.45) is 13.1. The summed E-state index contributed by atoms with van der Waals surface area (Å²) >= 11 is 0. The highest BCUT2D eigenvalue weighted by Gasteiger charge is 2.42. The fraction of sp³-hybridized carbons (Fsp3) is 0.545. The molecule has 4 aromatic rings. The first-order valence-corrected chi connectivity index (χ1v) is 26.0. The van der Waals surface area contributed by atoms with Crippen LogP contribution in [-0.4, -0.2) is 142 Å². The first kappa shape index (κ1) is 47.7. The number of nitrogens with one attached hydrogen (secondary N) is 2. The molecule has 1 aromatic heterocycles. The lowest BCUT2D eigenvalue weighted by molar-refractivity contribution is -0.139. The third-order valence-corrected chi connectivity index (χ3v) is 16.7. The number of hydrogen-bond donors (Lipinski definition) is 2. The first-order chi connectivity index (χ1) is 34.0. The number of halogens is 1. The second-order valence-electron chi connectivity index (χ2n) is 21.2. The number of aromatic nitrogens is 2. The Balaban J connectivity index is 0.689. The highest BCUT2D eigenvalue weighted by atomic mass is 19.1. The number of carbonyl (C=O) groups excluding carboxylic acids is 5. The third kappa shape index (κ3) is 10.5. The Morgan fingerprint density at radius 2 is 1.43 bits per heavy atom. The van der Waals surface area contributed by atoms with E-state index in [1.54, 1.807) is 34.1 Å². The van der Waals surface area contributed by atoms with E-state index in [1.807, 2.05) is 40.1 Å². The second-order valence-corrected chi connectivity index (χ2v) is 21.2. The van der Waals surface area contributed by atoms with Crippen molar-refractivity contribution in [2.45, 2.75) is 102 Å². The monoisotopic (exact) mass is 955 g/mol. The molecule has 10 rings (SSSR count). The van der Waals surface area contributed by atoms with Crippen LogP contribution in [0.1, 0.15) is 127 Å². The Morgan fingerprint density at radius 1 is 0.714 bits per heavy atom. The van der Waals surface area contributed by atoms with Crippen molar-refractivity contribution in [3.63, 3.8) is 0 Å². The SMILES string of the molecule is O=C(N[C@@H](C(=O)N1CCC2(CCN(CC(=O)N3CCN(C(=O)c4cc(Cc5n[nH]c(=O)c6ccccc56)ccc4F)CC3)CC2)CC1)C1CCCCC1)c1cccc(C2CCCN(C(=O)C3CC3)C2)c1. The van der Waals surface area contributed by atoms with Gasteiger partial charge in [0.1, 0.15) is 11.9 Å². The van der Waals surface area contributed by atoms with Crippen LogP contribution in [-0.2, 0) is 20.8 Å². The zero-order valence-corrected chi connectivity index (χ0v) is 40.3. The summed E-state index contributed by atoms with van der Waals surface area (Å²) < 4.78 is 15.1. The number of likely N-dealkylation sites (tertiary alicyclic amines) is 3. The standard InChI is InChI=1S/C55H67FN8O6/c56-46-18-15-37(33-47-43-13-4-5-14-44(43)51(67)59-58-47)32-45(46)53(69)63-30-28-61(29-31-63)48(65)36-60-24-19-55(20-25-60)21-26-62(27-22-55)54(70)49(38-8-2-1-3-9-38)57-50(66)41-11-6-10-40(34-41)42-12-7-23-64(35-42)52(68)39-16-17-39/h4-6,10-11,13-15,18,32,34,38-39,42,49H,1-3,7-9,12,16-17,19-31,33,35-36H2,(H,57,66)(H,59,67)/t42?,49-/m1/s1. The van der Waals surface area contributed by atoms with Crippen molar-refractivity contribution in [1.29, 1.82) is 0 Å². The Morgan fingerprint density at radius 3 is 2.17 bits per heavy atom. The number of nitrogens with zero attached hydrogens (tertiary/aromatic N) is 6. The van der Waals surface area contributed by atoms with E-state index < -0.39 is 17.8 Å². The van der Waals surface area contributed by atoms with E-state index in [4.69, 9.17) is 0 Å². The number of H-pyrrole nitrogens is 1. The maximum atomic E-state index is 15.1. The smallest absolute Gasteiger partial charge is 0.272 e. The Bertz CT molecular complexity index is 2650. The molecule has 2 atom stereocenters. The van der Waals surface area contributed by atoms with Gasteiger partial charge in [-0.1, -0.05) is 55.7 Å². The van der Waals surface area contributed by atoms with Gasteiger partial charge < -0.3 is 24.9 Å². The van der Waals surface area contributed by atoms with Gasteiger partial charge in [-0.15, -0.1) is 0 Å². The van der Waals surface area contributed by atoms with Gasteiger partial charge in [0.25, 0.3) is 17.4 Å². The van der Waals surface area contributed by atoms with Crippen LogP contribution in [0, 0.1) is 23.1 Å². The lowest BCUT2D eigenvalue weighted by atomic mass is 9.71. The fourth-order valence-corrected chi connectivity index (χ4v) is 12.1. The lowest BCUT2D eigenvalue weighted by Crippen LogP contribution is -2.56. The summed E-state index contributed by atoms with van der Waals surface area (Å²) in [5, 5.41) is 11.2. The molecule has 5 amide bonds. The topological polar surface area (TPSA) is 159 Å². The molecule has 370 valence electrons. The largest absolute Gasteiger partial charge is 0.342 e. The molecule has 2 saturated carbocycles. The van der Waals surface area contributed by atoms with Crippen LogP contribution >= 0.6 is 0 Å². The minimum absolute atomic E-state index is 0.0256. The lowest BCUT2D eigenvalue weighted by Gasteiger charge is -2.47. The highest BCUT2D eigenvalue weighted by Crippen LogP contribution is 2.42. The minimum Gasteiger partial charge on any atom is -0.342 e. The van der Waals surface area contributed by atoms with Crippen LogP contribution in [0.3, 0.4) is 0 Å². The average molecular weight is 955 g/mol. The predicted molar refractivity (Wildman–Crippen MR) is 264 cm³/mol. The van der Waals surface area contributed by atoms with E-state index in [2.05, 4.69) is 26.5 Å². The van der Waals surface area contributed by atoms with E-state index in [0.29, 0.717) is 86.4 Å². The summed E-state index contributed by atoms with van der Waals surface area (Å²) in [5.41, 5.74) is 2.77.